The Kier molecular flexibility index (Phi) is 7.84. The number of hydrogen-bond acceptors (Lipinski definition) is 7. The van der Waals surface area contributed by atoms with Crippen LogP contribution >= 0.6 is 23.1 Å². The van der Waals surface area contributed by atoms with Crippen LogP contribution in [0.1, 0.15) is 29.3 Å². The van der Waals surface area contributed by atoms with Crippen molar-refractivity contribution in [3.05, 3.63) is 82.4 Å². The van der Waals surface area contributed by atoms with E-state index in [-0.39, 0.29) is 18.9 Å². The summed E-state index contributed by atoms with van der Waals surface area (Å²) >= 11 is 3.10. The topological polar surface area (TPSA) is 60.8 Å². The third-order valence-electron chi connectivity index (χ3n) is 3.91. The van der Waals surface area contributed by atoms with Crippen LogP contribution in [-0.4, -0.2) is 23.3 Å². The highest BCUT2D eigenvalue weighted by Crippen LogP contribution is 2.27. The molecule has 0 fully saturated rings. The molecule has 0 aliphatic carbocycles. The molecule has 0 aliphatic heterocycles. The summed E-state index contributed by atoms with van der Waals surface area (Å²) in [6, 6.07) is 18.1. The number of ether oxygens (including phenoxy) is 1. The molecule has 0 saturated carbocycles. The number of oxime groups is 1. The third-order valence-corrected chi connectivity index (χ3v) is 6.00. The first-order valence-electron chi connectivity index (χ1n) is 9.21. The summed E-state index contributed by atoms with van der Waals surface area (Å²) in [6.07, 6.45) is 0. The minimum atomic E-state index is -0.541. The van der Waals surface area contributed by atoms with E-state index in [0.29, 0.717) is 5.69 Å². The molecule has 0 saturated heterocycles. The van der Waals surface area contributed by atoms with Crippen LogP contribution in [0.15, 0.2) is 69.5 Å². The molecular weight excluding hydrogens is 404 g/mol. The number of esters is 1. The van der Waals surface area contributed by atoms with Crippen LogP contribution in [0.3, 0.4) is 0 Å². The zero-order chi connectivity index (χ0) is 20.5. The summed E-state index contributed by atoms with van der Waals surface area (Å²) in [7, 11) is 0. The van der Waals surface area contributed by atoms with Crippen LogP contribution in [0.25, 0.3) is 0 Å². The second-order valence-corrected chi connectivity index (χ2v) is 8.27. The van der Waals surface area contributed by atoms with Crippen molar-refractivity contribution in [2.24, 2.45) is 5.16 Å². The zero-order valence-electron chi connectivity index (χ0n) is 16.3. The van der Waals surface area contributed by atoms with Crippen LogP contribution < -0.4 is 0 Å². The quantitative estimate of drug-likeness (QED) is 0.203. The van der Waals surface area contributed by atoms with Crippen molar-refractivity contribution >= 4 is 34.8 Å². The van der Waals surface area contributed by atoms with Gasteiger partial charge in [-0.2, -0.15) is 0 Å². The maximum absolute atomic E-state index is 12.3. The van der Waals surface area contributed by atoms with E-state index in [0.717, 1.165) is 15.7 Å². The van der Waals surface area contributed by atoms with Gasteiger partial charge in [-0.25, -0.2) is 9.78 Å². The lowest BCUT2D eigenvalue weighted by Gasteiger charge is -2.04. The molecule has 0 bridgehead atoms. The molecule has 0 atom stereocenters. The highest BCUT2D eigenvalue weighted by atomic mass is 32.2. The first-order chi connectivity index (χ1) is 14.2. The molecule has 3 rings (SSSR count). The number of nitrogens with zero attached hydrogens (tertiary/aromatic N) is 2. The van der Waals surface area contributed by atoms with Gasteiger partial charge in [0.2, 0.25) is 5.71 Å². The average Bonchev–Trinajstić information content (AvgIpc) is 3.20. The maximum Gasteiger partial charge on any atom is 0.362 e. The molecule has 7 heteroatoms. The summed E-state index contributed by atoms with van der Waals surface area (Å²) in [4.78, 5) is 22.3. The van der Waals surface area contributed by atoms with Crippen LogP contribution in [0, 0.1) is 6.92 Å². The van der Waals surface area contributed by atoms with Crippen molar-refractivity contribution in [2.45, 2.75) is 30.5 Å². The largest absolute Gasteiger partial charge is 0.461 e. The van der Waals surface area contributed by atoms with Crippen molar-refractivity contribution in [3.8, 4) is 0 Å². The third kappa shape index (κ3) is 6.44. The van der Waals surface area contributed by atoms with Gasteiger partial charge in [0.15, 0.2) is 4.34 Å². The number of aromatic nitrogens is 1. The number of carbonyl (C=O) groups is 1. The Morgan fingerprint density at radius 3 is 2.59 bits per heavy atom. The number of carbonyl (C=O) groups excluding carboxylic acids is 1. The van der Waals surface area contributed by atoms with Gasteiger partial charge < -0.3 is 9.57 Å². The van der Waals surface area contributed by atoms with Crippen molar-refractivity contribution in [1.29, 1.82) is 0 Å². The first-order valence-corrected chi connectivity index (χ1v) is 11.1. The minimum Gasteiger partial charge on any atom is -0.461 e. The lowest BCUT2D eigenvalue weighted by Crippen LogP contribution is -2.19. The first kappa shape index (κ1) is 21.1. The molecule has 0 spiro atoms. The number of benzene rings is 2. The second kappa shape index (κ2) is 10.8. The number of rotatable bonds is 9. The Labute approximate surface area is 178 Å². The van der Waals surface area contributed by atoms with Gasteiger partial charge in [0.25, 0.3) is 0 Å². The van der Waals surface area contributed by atoms with E-state index in [2.05, 4.69) is 41.3 Å². The summed E-state index contributed by atoms with van der Waals surface area (Å²) < 4.78 is 5.98. The second-order valence-electron chi connectivity index (χ2n) is 6.19. The van der Waals surface area contributed by atoms with Crippen molar-refractivity contribution in [3.63, 3.8) is 0 Å². The Balaban J connectivity index is 1.67. The van der Waals surface area contributed by atoms with Gasteiger partial charge in [0, 0.05) is 11.1 Å². The van der Waals surface area contributed by atoms with E-state index < -0.39 is 5.97 Å². The molecule has 5 nitrogen and oxygen atoms in total. The monoisotopic (exact) mass is 426 g/mol. The molecule has 0 amide bonds. The van der Waals surface area contributed by atoms with Crippen LogP contribution in [0.5, 0.6) is 0 Å². The molecule has 0 N–H and O–H groups in total. The van der Waals surface area contributed by atoms with Gasteiger partial charge in [-0.05, 0) is 25.0 Å². The van der Waals surface area contributed by atoms with Gasteiger partial charge in [-0.3, -0.25) is 0 Å². The molecular formula is C22H22N2O3S2. The van der Waals surface area contributed by atoms with Gasteiger partial charge in [0.1, 0.15) is 12.3 Å². The molecule has 1 heterocycles. The van der Waals surface area contributed by atoms with E-state index in [1.54, 1.807) is 24.1 Å². The van der Waals surface area contributed by atoms with Gasteiger partial charge in [-0.15, -0.1) is 11.3 Å². The average molecular weight is 427 g/mol. The van der Waals surface area contributed by atoms with E-state index >= 15 is 0 Å². The fourth-order valence-corrected chi connectivity index (χ4v) is 4.16. The van der Waals surface area contributed by atoms with Crippen LogP contribution in [0.4, 0.5) is 0 Å². The molecule has 0 radical (unpaired) electrons. The lowest BCUT2D eigenvalue weighted by atomic mass is 10.2. The van der Waals surface area contributed by atoms with Gasteiger partial charge in [0.05, 0.1) is 6.61 Å². The molecule has 29 heavy (non-hydrogen) atoms. The Morgan fingerprint density at radius 1 is 1.10 bits per heavy atom. The standard InChI is InChI=1S/C22H22N2O3S2/c1-3-26-21(25)20(24-27-13-17-7-5-4-6-8-17)19-15-29-22(23-19)28-14-18-11-9-16(2)10-12-18/h4-12,15H,3,13-14H2,1-2H3/b24-20-. The highest BCUT2D eigenvalue weighted by molar-refractivity contribution is 8.00. The number of thioether (sulfide) groups is 1. The number of thiazole rings is 1. The summed E-state index contributed by atoms with van der Waals surface area (Å²) in [5.41, 5.74) is 3.98. The highest BCUT2D eigenvalue weighted by Gasteiger charge is 2.20. The van der Waals surface area contributed by atoms with Crippen molar-refractivity contribution < 1.29 is 14.4 Å². The Bertz CT molecular complexity index is 954. The Hall–Kier alpha value is -2.64. The molecule has 0 aliphatic rings. The van der Waals surface area contributed by atoms with E-state index in [4.69, 9.17) is 9.57 Å². The Morgan fingerprint density at radius 2 is 1.86 bits per heavy atom. The molecule has 2 aromatic carbocycles. The SMILES string of the molecule is CCOC(=O)/C(=N\OCc1ccccc1)c1csc(SCc2ccc(C)cc2)n1. The normalized spacial score (nSPS) is 11.3. The summed E-state index contributed by atoms with van der Waals surface area (Å²) in [5.74, 6) is 0.268. The van der Waals surface area contributed by atoms with Crippen molar-refractivity contribution in [1.82, 2.24) is 4.98 Å². The molecule has 0 unspecified atom stereocenters. The van der Waals surface area contributed by atoms with Crippen LogP contribution in [0.2, 0.25) is 0 Å². The number of hydrogen-bond donors (Lipinski definition) is 0. The minimum absolute atomic E-state index is 0.0845. The maximum atomic E-state index is 12.3. The van der Waals surface area contributed by atoms with Crippen LogP contribution in [-0.2, 0) is 26.7 Å². The van der Waals surface area contributed by atoms with Gasteiger partial charge in [-0.1, -0.05) is 77.1 Å². The smallest absolute Gasteiger partial charge is 0.362 e. The molecule has 150 valence electrons. The zero-order valence-corrected chi connectivity index (χ0v) is 18.0. The fourth-order valence-electron chi connectivity index (χ4n) is 2.40. The lowest BCUT2D eigenvalue weighted by molar-refractivity contribution is -0.135. The van der Waals surface area contributed by atoms with Crippen molar-refractivity contribution in [2.75, 3.05) is 6.61 Å². The fraction of sp³-hybridized carbons (Fsp3) is 0.227. The van der Waals surface area contributed by atoms with E-state index in [9.17, 15) is 4.79 Å². The van der Waals surface area contributed by atoms with Gasteiger partial charge >= 0.3 is 5.97 Å². The van der Waals surface area contributed by atoms with E-state index in [1.807, 2.05) is 30.3 Å². The summed E-state index contributed by atoms with van der Waals surface area (Å²) in [6.45, 7) is 4.35. The molecule has 1 aromatic heterocycles. The van der Waals surface area contributed by atoms with E-state index in [1.165, 1.54) is 22.5 Å². The predicted molar refractivity (Wildman–Crippen MR) is 117 cm³/mol. The summed E-state index contributed by atoms with van der Waals surface area (Å²) in [5, 5.41) is 5.83. The molecule has 3 aromatic rings. The number of aryl methyl sites for hydroxylation is 1. The predicted octanol–water partition coefficient (Wildman–Crippen LogP) is 5.23.